The van der Waals surface area contributed by atoms with Crippen LogP contribution in [0.1, 0.15) is 229 Å². The van der Waals surface area contributed by atoms with E-state index >= 15 is 0 Å². The number of benzene rings is 1. The quantitative estimate of drug-likeness (QED) is 0.0438. The van der Waals surface area contributed by atoms with Crippen LogP contribution >= 0.6 is 22.7 Å². The first kappa shape index (κ1) is 47.5. The Bertz CT molecular complexity index is 1300. The van der Waals surface area contributed by atoms with Gasteiger partial charge in [0, 0.05) is 9.75 Å². The fraction of sp³-hybridized carbons (Fsp3) is 0.706. The van der Waals surface area contributed by atoms with Gasteiger partial charge in [0.15, 0.2) is 0 Å². The van der Waals surface area contributed by atoms with Gasteiger partial charge >= 0.3 is 5.97 Å². The van der Waals surface area contributed by atoms with Crippen molar-refractivity contribution in [1.82, 2.24) is 0 Å². The van der Waals surface area contributed by atoms with E-state index in [1.807, 2.05) is 22.7 Å². The van der Waals surface area contributed by atoms with Crippen molar-refractivity contribution in [3.05, 3.63) is 57.8 Å². The minimum absolute atomic E-state index is 0.144. The minimum atomic E-state index is -0.144. The molecule has 0 saturated carbocycles. The molecule has 1 aromatic carbocycles. The monoisotopic (exact) mass is 791 g/mol. The van der Waals surface area contributed by atoms with E-state index in [9.17, 15) is 4.79 Å². The van der Waals surface area contributed by atoms with E-state index in [-0.39, 0.29) is 5.97 Å². The molecule has 1 unspecified atom stereocenters. The largest absolute Gasteiger partial charge is 0.462 e. The number of aryl methyl sites for hydroxylation is 2. The van der Waals surface area contributed by atoms with Crippen molar-refractivity contribution in [3.63, 3.8) is 0 Å². The first-order valence-corrected chi connectivity index (χ1v) is 25.3. The lowest BCUT2D eigenvalue weighted by molar-refractivity contribution is 0.0422. The third-order valence-electron chi connectivity index (χ3n) is 11.7. The van der Waals surface area contributed by atoms with E-state index in [4.69, 9.17) is 4.74 Å². The lowest BCUT2D eigenvalue weighted by Gasteiger charge is -2.18. The molecule has 2 heterocycles. The fourth-order valence-corrected chi connectivity index (χ4v) is 10.0. The van der Waals surface area contributed by atoms with E-state index in [0.717, 1.165) is 12.8 Å². The van der Waals surface area contributed by atoms with Gasteiger partial charge in [-0.15, -0.1) is 22.7 Å². The first-order valence-electron chi connectivity index (χ1n) is 23.6. The third-order valence-corrected chi connectivity index (χ3v) is 13.7. The van der Waals surface area contributed by atoms with Gasteiger partial charge in [-0.25, -0.2) is 4.79 Å². The highest BCUT2D eigenvalue weighted by Crippen LogP contribution is 2.38. The van der Waals surface area contributed by atoms with Crippen molar-refractivity contribution in [2.24, 2.45) is 5.92 Å². The van der Waals surface area contributed by atoms with Crippen LogP contribution in [0.2, 0.25) is 0 Å². The Balaban J connectivity index is 1.71. The van der Waals surface area contributed by atoms with Crippen LogP contribution in [0.25, 0.3) is 20.9 Å². The summed E-state index contributed by atoms with van der Waals surface area (Å²) in [6.45, 7) is 9.70. The summed E-state index contributed by atoms with van der Waals surface area (Å²) in [5.41, 5.74) is 5.91. The summed E-state index contributed by atoms with van der Waals surface area (Å²) in [7, 11) is 0. The molecule has 0 aliphatic carbocycles. The Morgan fingerprint density at radius 2 is 0.855 bits per heavy atom. The number of unbranched alkanes of at least 4 members (excludes halogenated alkanes) is 22. The summed E-state index contributed by atoms with van der Waals surface area (Å²) in [6.07, 6.45) is 39.0. The molecule has 0 spiro atoms. The lowest BCUT2D eigenvalue weighted by Crippen LogP contribution is -2.15. The summed E-state index contributed by atoms with van der Waals surface area (Å²) >= 11 is 3.65. The van der Waals surface area contributed by atoms with Crippen LogP contribution in [-0.4, -0.2) is 12.6 Å². The number of hydrogen-bond donors (Lipinski definition) is 0. The average molecular weight is 791 g/mol. The van der Waals surface area contributed by atoms with Crippen LogP contribution in [0, 0.1) is 5.92 Å². The van der Waals surface area contributed by atoms with Gasteiger partial charge in [0.1, 0.15) is 0 Å². The maximum Gasteiger partial charge on any atom is 0.338 e. The van der Waals surface area contributed by atoms with E-state index in [2.05, 4.69) is 68.8 Å². The SMILES string of the molecule is CCCCCCCCCCCCC(CCCCCCCCCC)COC(=O)c1cc(-c2sccc2CCCCCC)cc(-c2sccc2CCCCCC)c1. The van der Waals surface area contributed by atoms with Crippen LogP contribution in [0.4, 0.5) is 0 Å². The molecule has 310 valence electrons. The number of hydrogen-bond acceptors (Lipinski definition) is 4. The topological polar surface area (TPSA) is 26.3 Å². The number of ether oxygens (including phenoxy) is 1. The normalized spacial score (nSPS) is 12.1. The van der Waals surface area contributed by atoms with Crippen LogP contribution in [0.15, 0.2) is 41.1 Å². The zero-order valence-electron chi connectivity index (χ0n) is 36.2. The van der Waals surface area contributed by atoms with E-state index in [1.54, 1.807) is 0 Å². The first-order chi connectivity index (χ1) is 27.1. The summed E-state index contributed by atoms with van der Waals surface area (Å²) in [6, 6.07) is 11.2. The molecule has 0 aliphatic heterocycles. The molecular formula is C51H82O2S2. The van der Waals surface area contributed by atoms with Gasteiger partial charge in [0.25, 0.3) is 0 Å². The van der Waals surface area contributed by atoms with Crippen molar-refractivity contribution >= 4 is 28.6 Å². The number of carbonyl (C=O) groups excluding carboxylic acids is 1. The second-order valence-corrected chi connectivity index (χ2v) is 18.5. The minimum Gasteiger partial charge on any atom is -0.462 e. The van der Waals surface area contributed by atoms with Gasteiger partial charge in [-0.3, -0.25) is 0 Å². The summed E-state index contributed by atoms with van der Waals surface area (Å²) < 4.78 is 6.31. The lowest BCUT2D eigenvalue weighted by atomic mass is 9.94. The molecule has 0 aliphatic rings. The van der Waals surface area contributed by atoms with Crippen LogP contribution in [0.5, 0.6) is 0 Å². The molecule has 2 aromatic heterocycles. The molecule has 0 fully saturated rings. The zero-order valence-corrected chi connectivity index (χ0v) is 37.8. The van der Waals surface area contributed by atoms with Crippen molar-refractivity contribution in [2.75, 3.05) is 6.61 Å². The predicted molar refractivity (Wildman–Crippen MR) is 246 cm³/mol. The second kappa shape index (κ2) is 31.1. The molecule has 0 amide bonds. The van der Waals surface area contributed by atoms with Crippen molar-refractivity contribution in [2.45, 2.75) is 220 Å². The Kier molecular flexibility index (Phi) is 26.9. The molecule has 0 N–H and O–H groups in total. The van der Waals surface area contributed by atoms with E-state index < -0.39 is 0 Å². The van der Waals surface area contributed by atoms with Crippen molar-refractivity contribution < 1.29 is 9.53 Å². The van der Waals surface area contributed by atoms with Gasteiger partial charge < -0.3 is 4.74 Å². The number of esters is 1. The van der Waals surface area contributed by atoms with Gasteiger partial charge in [0.2, 0.25) is 0 Å². The molecular weight excluding hydrogens is 709 g/mol. The van der Waals surface area contributed by atoms with Crippen LogP contribution < -0.4 is 0 Å². The van der Waals surface area contributed by atoms with Gasteiger partial charge in [0.05, 0.1) is 12.2 Å². The Hall–Kier alpha value is -1.91. The smallest absolute Gasteiger partial charge is 0.338 e. The van der Waals surface area contributed by atoms with Gasteiger partial charge in [-0.05, 0) is 108 Å². The molecule has 0 bridgehead atoms. The van der Waals surface area contributed by atoms with E-state index in [1.165, 1.54) is 212 Å². The molecule has 4 heteroatoms. The molecule has 55 heavy (non-hydrogen) atoms. The number of carbonyl (C=O) groups is 1. The Labute approximate surface area is 348 Å². The zero-order chi connectivity index (χ0) is 39.2. The Morgan fingerprint density at radius 1 is 0.491 bits per heavy atom. The molecule has 0 saturated heterocycles. The summed E-state index contributed by atoms with van der Waals surface area (Å²) in [4.78, 5) is 16.7. The standard InChI is InChI=1S/C51H82O2S2/c1-5-9-13-17-19-21-22-24-26-28-32-43(31-27-25-23-20-18-14-10-6-2)42-53-51(52)48-40-46(49-44(35-37-54-49)33-29-15-11-7-3)39-47(41-48)50-45(36-38-55-50)34-30-16-12-8-4/h35-41,43H,5-34,42H2,1-4H3. The second-order valence-electron chi connectivity index (χ2n) is 16.7. The molecule has 2 nitrogen and oxygen atoms in total. The van der Waals surface area contributed by atoms with Crippen molar-refractivity contribution in [3.8, 4) is 20.9 Å². The number of rotatable bonds is 35. The Morgan fingerprint density at radius 3 is 1.25 bits per heavy atom. The van der Waals surface area contributed by atoms with Gasteiger partial charge in [-0.1, -0.05) is 182 Å². The van der Waals surface area contributed by atoms with Gasteiger partial charge in [-0.2, -0.15) is 0 Å². The average Bonchev–Trinajstić information content (AvgIpc) is 3.88. The number of thiophene rings is 2. The maximum absolute atomic E-state index is 14.1. The summed E-state index contributed by atoms with van der Waals surface area (Å²) in [5, 5.41) is 4.48. The van der Waals surface area contributed by atoms with Crippen LogP contribution in [0.3, 0.4) is 0 Å². The van der Waals surface area contributed by atoms with Crippen molar-refractivity contribution in [1.29, 1.82) is 0 Å². The highest BCUT2D eigenvalue weighted by molar-refractivity contribution is 7.14. The fourth-order valence-electron chi connectivity index (χ4n) is 8.14. The predicted octanol–water partition coefficient (Wildman–Crippen LogP) is 18.0. The van der Waals surface area contributed by atoms with Crippen LogP contribution in [-0.2, 0) is 17.6 Å². The summed E-state index contributed by atoms with van der Waals surface area (Å²) in [5.74, 6) is 0.314. The molecule has 3 aromatic rings. The molecule has 0 radical (unpaired) electrons. The molecule has 3 rings (SSSR count). The highest BCUT2D eigenvalue weighted by atomic mass is 32.1. The third kappa shape index (κ3) is 19.9. The highest BCUT2D eigenvalue weighted by Gasteiger charge is 2.19. The van der Waals surface area contributed by atoms with E-state index in [0.29, 0.717) is 18.1 Å². The maximum atomic E-state index is 14.1. The molecule has 1 atom stereocenters.